The molecule has 2 aromatic rings. The highest BCUT2D eigenvalue weighted by Crippen LogP contribution is 2.23. The molecule has 0 aliphatic rings. The topological polar surface area (TPSA) is 49.2 Å². The molecule has 0 aliphatic carbocycles. The minimum absolute atomic E-state index is 0.231. The zero-order valence-electron chi connectivity index (χ0n) is 13.6. The van der Waals surface area contributed by atoms with E-state index in [1.165, 1.54) is 0 Å². The van der Waals surface area contributed by atoms with Crippen molar-refractivity contribution in [3.8, 4) is 10.7 Å². The Balaban J connectivity index is 2.05. The van der Waals surface area contributed by atoms with Crippen molar-refractivity contribution in [2.24, 2.45) is 5.41 Å². The van der Waals surface area contributed by atoms with Crippen molar-refractivity contribution < 1.29 is 5.11 Å². The number of rotatable bonds is 7. The van der Waals surface area contributed by atoms with Gasteiger partial charge in [0.25, 0.3) is 0 Å². The normalized spacial score (nSPS) is 12.0. The van der Waals surface area contributed by atoms with Crippen molar-refractivity contribution in [3.63, 3.8) is 0 Å². The summed E-state index contributed by atoms with van der Waals surface area (Å²) in [6, 6.07) is 5.88. The molecular weight excluding hydrogens is 294 g/mol. The summed E-state index contributed by atoms with van der Waals surface area (Å²) in [4.78, 5) is 11.4. The Bertz CT molecular complexity index is 563. The maximum Gasteiger partial charge on any atom is 0.142 e. The largest absolute Gasteiger partial charge is 0.396 e. The van der Waals surface area contributed by atoms with Crippen LogP contribution in [0.5, 0.6) is 0 Å². The first kappa shape index (κ1) is 17.1. The third kappa shape index (κ3) is 5.48. The Morgan fingerprint density at radius 3 is 2.73 bits per heavy atom. The van der Waals surface area contributed by atoms with Crippen LogP contribution in [0.4, 0.5) is 0 Å². The molecule has 1 N–H and O–H groups in total. The summed E-state index contributed by atoms with van der Waals surface area (Å²) in [7, 11) is 0. The molecule has 0 aliphatic heterocycles. The maximum absolute atomic E-state index is 9.08. The van der Waals surface area contributed by atoms with Gasteiger partial charge in [-0.1, -0.05) is 26.8 Å². The number of aliphatic hydroxyl groups is 1. The van der Waals surface area contributed by atoms with Gasteiger partial charge in [0, 0.05) is 37.8 Å². The molecule has 0 spiro atoms. The molecule has 2 aromatic heterocycles. The highest BCUT2D eigenvalue weighted by Gasteiger charge is 2.17. The van der Waals surface area contributed by atoms with Gasteiger partial charge < -0.3 is 5.11 Å². The van der Waals surface area contributed by atoms with Gasteiger partial charge in [0.1, 0.15) is 5.01 Å². The molecule has 2 rings (SSSR count). The van der Waals surface area contributed by atoms with Gasteiger partial charge in [-0.3, -0.25) is 9.88 Å². The van der Waals surface area contributed by atoms with Gasteiger partial charge in [-0.25, -0.2) is 4.98 Å². The molecule has 0 bridgehead atoms. The molecular formula is C17H25N3OS. The fourth-order valence-corrected chi connectivity index (χ4v) is 3.18. The lowest BCUT2D eigenvalue weighted by molar-refractivity contribution is 0.165. The van der Waals surface area contributed by atoms with Gasteiger partial charge in [0.2, 0.25) is 0 Å². The van der Waals surface area contributed by atoms with E-state index in [1.807, 2.05) is 18.2 Å². The van der Waals surface area contributed by atoms with E-state index in [0.717, 1.165) is 42.5 Å². The number of hydrogen-bond acceptors (Lipinski definition) is 5. The molecule has 22 heavy (non-hydrogen) atoms. The summed E-state index contributed by atoms with van der Waals surface area (Å²) in [5.41, 5.74) is 2.24. The molecule has 5 heteroatoms. The molecule has 0 amide bonds. The van der Waals surface area contributed by atoms with E-state index in [4.69, 9.17) is 10.1 Å². The molecule has 0 saturated heterocycles. The van der Waals surface area contributed by atoms with E-state index in [9.17, 15) is 0 Å². The molecule has 0 aromatic carbocycles. The molecule has 0 saturated carbocycles. The van der Waals surface area contributed by atoms with E-state index in [2.05, 4.69) is 36.0 Å². The van der Waals surface area contributed by atoms with Gasteiger partial charge in [-0.15, -0.1) is 11.3 Å². The van der Waals surface area contributed by atoms with E-state index in [0.29, 0.717) is 0 Å². The van der Waals surface area contributed by atoms with Crippen LogP contribution < -0.4 is 0 Å². The second-order valence-corrected chi connectivity index (χ2v) is 7.57. The number of thiazole rings is 1. The van der Waals surface area contributed by atoms with Gasteiger partial charge in [-0.05, 0) is 24.0 Å². The molecule has 4 nitrogen and oxygen atoms in total. The predicted octanol–water partition coefficient (Wildman–Crippen LogP) is 3.44. The molecule has 0 fully saturated rings. The van der Waals surface area contributed by atoms with Crippen LogP contribution in [0.25, 0.3) is 10.7 Å². The summed E-state index contributed by atoms with van der Waals surface area (Å²) in [5.74, 6) is 0. The van der Waals surface area contributed by atoms with Crippen LogP contribution in [-0.4, -0.2) is 39.7 Å². The molecule has 0 atom stereocenters. The Morgan fingerprint density at radius 1 is 1.27 bits per heavy atom. The number of pyridine rings is 1. The fourth-order valence-electron chi connectivity index (χ4n) is 2.39. The Kier molecular flexibility index (Phi) is 6.06. The molecule has 120 valence electrons. The monoisotopic (exact) mass is 319 g/mol. The van der Waals surface area contributed by atoms with Crippen LogP contribution in [0.2, 0.25) is 0 Å². The van der Waals surface area contributed by atoms with Crippen LogP contribution in [0.3, 0.4) is 0 Å². The quantitative estimate of drug-likeness (QED) is 0.849. The number of aromatic nitrogens is 2. The van der Waals surface area contributed by atoms with Crippen molar-refractivity contribution in [2.75, 3.05) is 19.7 Å². The predicted molar refractivity (Wildman–Crippen MR) is 91.8 cm³/mol. The van der Waals surface area contributed by atoms with Crippen LogP contribution in [0.1, 0.15) is 32.9 Å². The van der Waals surface area contributed by atoms with Crippen LogP contribution in [0.15, 0.2) is 29.8 Å². The van der Waals surface area contributed by atoms with E-state index in [-0.39, 0.29) is 12.0 Å². The second-order valence-electron chi connectivity index (χ2n) is 6.71. The average molecular weight is 319 g/mol. The molecule has 0 radical (unpaired) electrons. The second kappa shape index (κ2) is 7.81. The lowest BCUT2D eigenvalue weighted by atomic mass is 9.96. The SMILES string of the molecule is CC(C)(C)CN(CCCO)Cc1csc(-c2ccccn2)n1. The lowest BCUT2D eigenvalue weighted by Gasteiger charge is -2.29. The third-order valence-electron chi connectivity index (χ3n) is 3.15. The first-order valence-electron chi connectivity index (χ1n) is 7.67. The van der Waals surface area contributed by atoms with E-state index in [1.54, 1.807) is 17.5 Å². The summed E-state index contributed by atoms with van der Waals surface area (Å²) in [6.45, 7) is 9.64. The summed E-state index contributed by atoms with van der Waals surface area (Å²) < 4.78 is 0. The molecule has 0 unspecified atom stereocenters. The first-order valence-corrected chi connectivity index (χ1v) is 8.55. The summed E-state index contributed by atoms with van der Waals surface area (Å²) in [5, 5.41) is 12.2. The van der Waals surface area contributed by atoms with Gasteiger partial charge >= 0.3 is 0 Å². The fraction of sp³-hybridized carbons (Fsp3) is 0.529. The van der Waals surface area contributed by atoms with Crippen LogP contribution in [0, 0.1) is 5.41 Å². The summed E-state index contributed by atoms with van der Waals surface area (Å²) in [6.07, 6.45) is 2.59. The van der Waals surface area contributed by atoms with Crippen LogP contribution in [-0.2, 0) is 6.54 Å². The Morgan fingerprint density at radius 2 is 2.09 bits per heavy atom. The minimum atomic E-state index is 0.231. The zero-order chi connectivity index (χ0) is 16.0. The minimum Gasteiger partial charge on any atom is -0.396 e. The summed E-state index contributed by atoms with van der Waals surface area (Å²) >= 11 is 1.64. The van der Waals surface area contributed by atoms with Crippen molar-refractivity contribution in [1.82, 2.24) is 14.9 Å². The van der Waals surface area contributed by atoms with Gasteiger partial charge in [0.15, 0.2) is 0 Å². The Labute approximate surface area is 136 Å². The van der Waals surface area contributed by atoms with Crippen molar-refractivity contribution in [1.29, 1.82) is 0 Å². The van der Waals surface area contributed by atoms with E-state index < -0.39 is 0 Å². The van der Waals surface area contributed by atoms with Crippen LogP contribution >= 0.6 is 11.3 Å². The van der Waals surface area contributed by atoms with Crippen molar-refractivity contribution >= 4 is 11.3 Å². The van der Waals surface area contributed by atoms with Gasteiger partial charge in [-0.2, -0.15) is 0 Å². The smallest absolute Gasteiger partial charge is 0.142 e. The van der Waals surface area contributed by atoms with E-state index >= 15 is 0 Å². The Hall–Kier alpha value is -1.30. The maximum atomic E-state index is 9.08. The highest BCUT2D eigenvalue weighted by atomic mass is 32.1. The number of aliphatic hydroxyl groups excluding tert-OH is 1. The lowest BCUT2D eigenvalue weighted by Crippen LogP contribution is -2.33. The van der Waals surface area contributed by atoms with Crippen molar-refractivity contribution in [2.45, 2.75) is 33.7 Å². The standard InChI is InChI=1S/C17H25N3OS/c1-17(2,3)13-20(9-6-10-21)11-14-12-22-16(19-14)15-7-4-5-8-18-15/h4-5,7-8,12,21H,6,9-11,13H2,1-3H3. The number of nitrogens with zero attached hydrogens (tertiary/aromatic N) is 3. The highest BCUT2D eigenvalue weighted by molar-refractivity contribution is 7.13. The molecule has 2 heterocycles. The first-order chi connectivity index (χ1) is 10.5. The van der Waals surface area contributed by atoms with Gasteiger partial charge in [0.05, 0.1) is 11.4 Å². The zero-order valence-corrected chi connectivity index (χ0v) is 14.4. The average Bonchev–Trinajstić information content (AvgIpc) is 2.93. The number of hydrogen-bond donors (Lipinski definition) is 1. The van der Waals surface area contributed by atoms with Crippen molar-refractivity contribution in [3.05, 3.63) is 35.5 Å². The third-order valence-corrected chi connectivity index (χ3v) is 4.07.